The second kappa shape index (κ2) is 5.77. The molecule has 0 radical (unpaired) electrons. The van der Waals surface area contributed by atoms with Crippen LogP contribution in [0.4, 0.5) is 0 Å². The van der Waals surface area contributed by atoms with Gasteiger partial charge in [-0.15, -0.1) is 11.3 Å². The summed E-state index contributed by atoms with van der Waals surface area (Å²) in [6.45, 7) is 0. The summed E-state index contributed by atoms with van der Waals surface area (Å²) < 4.78 is 1.97. The second-order valence-electron chi connectivity index (χ2n) is 5.06. The first-order valence-corrected chi connectivity index (χ1v) is 7.76. The summed E-state index contributed by atoms with van der Waals surface area (Å²) in [6, 6.07) is 13.2. The number of aryl methyl sites for hydroxylation is 1. The number of rotatable bonds is 5. The highest BCUT2D eigenvalue weighted by molar-refractivity contribution is 7.09. The lowest BCUT2D eigenvalue weighted by Gasteiger charge is -2.14. The Balaban J connectivity index is 1.84. The SMILES string of the molecule is CNC(Cc1cccs1)Cc1nn(C)c2ccccc12. The Morgan fingerprint density at radius 1 is 1.20 bits per heavy atom. The monoisotopic (exact) mass is 285 g/mol. The first-order chi connectivity index (χ1) is 9.78. The molecule has 104 valence electrons. The molecule has 2 aromatic heterocycles. The summed E-state index contributed by atoms with van der Waals surface area (Å²) in [5, 5.41) is 11.5. The smallest absolute Gasteiger partial charge is 0.0718 e. The molecule has 0 aliphatic carbocycles. The minimum atomic E-state index is 0.423. The van der Waals surface area contributed by atoms with Gasteiger partial charge in [-0.1, -0.05) is 24.3 Å². The minimum absolute atomic E-state index is 0.423. The van der Waals surface area contributed by atoms with Crippen molar-refractivity contribution in [2.24, 2.45) is 7.05 Å². The second-order valence-corrected chi connectivity index (χ2v) is 6.09. The number of benzene rings is 1. The topological polar surface area (TPSA) is 29.9 Å². The van der Waals surface area contributed by atoms with Crippen molar-refractivity contribution in [3.05, 3.63) is 52.3 Å². The van der Waals surface area contributed by atoms with Gasteiger partial charge in [-0.05, 0) is 31.0 Å². The van der Waals surface area contributed by atoms with Gasteiger partial charge in [0.1, 0.15) is 0 Å². The third-order valence-electron chi connectivity index (χ3n) is 3.71. The third-order valence-corrected chi connectivity index (χ3v) is 4.61. The molecule has 2 heterocycles. The largest absolute Gasteiger partial charge is 0.316 e. The van der Waals surface area contributed by atoms with E-state index in [1.807, 2.05) is 30.1 Å². The molecule has 1 atom stereocenters. The van der Waals surface area contributed by atoms with Crippen LogP contribution in [0.5, 0.6) is 0 Å². The number of nitrogens with one attached hydrogen (secondary N) is 1. The van der Waals surface area contributed by atoms with Crippen molar-refractivity contribution in [3.8, 4) is 0 Å². The van der Waals surface area contributed by atoms with Crippen molar-refractivity contribution in [1.29, 1.82) is 0 Å². The third kappa shape index (κ3) is 2.62. The van der Waals surface area contributed by atoms with E-state index in [-0.39, 0.29) is 0 Å². The normalized spacial score (nSPS) is 12.9. The molecular formula is C16H19N3S. The average Bonchev–Trinajstić information content (AvgIpc) is 3.08. The van der Waals surface area contributed by atoms with Gasteiger partial charge in [0.2, 0.25) is 0 Å². The predicted octanol–water partition coefficient (Wildman–Crippen LogP) is 3.01. The first kappa shape index (κ1) is 13.3. The summed E-state index contributed by atoms with van der Waals surface area (Å²) >= 11 is 1.82. The van der Waals surface area contributed by atoms with Gasteiger partial charge in [0, 0.05) is 29.8 Å². The summed E-state index contributed by atoms with van der Waals surface area (Å²) in [5.74, 6) is 0. The van der Waals surface area contributed by atoms with E-state index < -0.39 is 0 Å². The lowest BCUT2D eigenvalue weighted by Crippen LogP contribution is -2.29. The van der Waals surface area contributed by atoms with Crippen LogP contribution in [0.2, 0.25) is 0 Å². The molecule has 3 nitrogen and oxygen atoms in total. The molecule has 1 N–H and O–H groups in total. The number of thiophene rings is 1. The Morgan fingerprint density at radius 2 is 2.05 bits per heavy atom. The maximum absolute atomic E-state index is 4.69. The number of para-hydroxylation sites is 1. The highest BCUT2D eigenvalue weighted by Crippen LogP contribution is 2.20. The van der Waals surface area contributed by atoms with Gasteiger partial charge in [0.25, 0.3) is 0 Å². The van der Waals surface area contributed by atoms with E-state index in [0.29, 0.717) is 6.04 Å². The van der Waals surface area contributed by atoms with E-state index in [1.165, 1.54) is 21.5 Å². The quantitative estimate of drug-likeness (QED) is 0.781. The maximum Gasteiger partial charge on any atom is 0.0718 e. The van der Waals surface area contributed by atoms with Crippen LogP contribution in [0.25, 0.3) is 10.9 Å². The highest BCUT2D eigenvalue weighted by Gasteiger charge is 2.14. The van der Waals surface area contributed by atoms with Crippen molar-refractivity contribution in [3.63, 3.8) is 0 Å². The van der Waals surface area contributed by atoms with Crippen LogP contribution >= 0.6 is 11.3 Å². The van der Waals surface area contributed by atoms with Crippen LogP contribution in [0.15, 0.2) is 41.8 Å². The van der Waals surface area contributed by atoms with E-state index in [1.54, 1.807) is 0 Å². The van der Waals surface area contributed by atoms with Crippen molar-refractivity contribution in [2.75, 3.05) is 7.05 Å². The fourth-order valence-corrected chi connectivity index (χ4v) is 3.41. The number of fused-ring (bicyclic) bond motifs is 1. The summed E-state index contributed by atoms with van der Waals surface area (Å²) in [4.78, 5) is 1.42. The molecule has 0 bridgehead atoms. The first-order valence-electron chi connectivity index (χ1n) is 6.88. The van der Waals surface area contributed by atoms with Gasteiger partial charge in [0.05, 0.1) is 11.2 Å². The lowest BCUT2D eigenvalue weighted by molar-refractivity contribution is 0.550. The van der Waals surface area contributed by atoms with Crippen molar-refractivity contribution in [1.82, 2.24) is 15.1 Å². The average molecular weight is 285 g/mol. The summed E-state index contributed by atoms with van der Waals surface area (Å²) in [5.41, 5.74) is 2.38. The molecule has 1 aromatic carbocycles. The van der Waals surface area contributed by atoms with Gasteiger partial charge >= 0.3 is 0 Å². The van der Waals surface area contributed by atoms with Crippen molar-refractivity contribution >= 4 is 22.2 Å². The summed E-state index contributed by atoms with van der Waals surface area (Å²) in [6.07, 6.45) is 2.01. The molecule has 3 aromatic rings. The van der Waals surface area contributed by atoms with Crippen LogP contribution in [0.3, 0.4) is 0 Å². The number of hydrogen-bond acceptors (Lipinski definition) is 3. The Bertz CT molecular complexity index is 685. The van der Waals surface area contributed by atoms with Crippen LogP contribution in [0.1, 0.15) is 10.6 Å². The molecule has 0 saturated carbocycles. The van der Waals surface area contributed by atoms with Crippen LogP contribution in [-0.2, 0) is 19.9 Å². The molecule has 4 heteroatoms. The minimum Gasteiger partial charge on any atom is -0.316 e. The highest BCUT2D eigenvalue weighted by atomic mass is 32.1. The van der Waals surface area contributed by atoms with E-state index in [9.17, 15) is 0 Å². The Morgan fingerprint density at radius 3 is 2.80 bits per heavy atom. The van der Waals surface area contributed by atoms with Crippen LogP contribution < -0.4 is 5.32 Å². The Labute approximate surface area is 123 Å². The molecule has 1 unspecified atom stereocenters. The standard InChI is InChI=1S/C16H19N3S/c1-17-12(10-13-6-5-9-20-13)11-15-14-7-3-4-8-16(14)19(2)18-15/h3-9,12,17H,10-11H2,1-2H3. The molecule has 3 rings (SSSR count). The molecule has 0 fully saturated rings. The van der Waals surface area contributed by atoms with Crippen LogP contribution in [-0.4, -0.2) is 22.9 Å². The Kier molecular flexibility index (Phi) is 3.85. The Hall–Kier alpha value is -1.65. The molecule has 20 heavy (non-hydrogen) atoms. The van der Waals surface area contributed by atoms with Crippen molar-refractivity contribution in [2.45, 2.75) is 18.9 Å². The molecule has 0 spiro atoms. The lowest BCUT2D eigenvalue weighted by atomic mass is 10.0. The van der Waals surface area contributed by atoms with Gasteiger partial charge in [0.15, 0.2) is 0 Å². The van der Waals surface area contributed by atoms with Gasteiger partial charge in [-0.25, -0.2) is 0 Å². The molecule has 0 saturated heterocycles. The molecular weight excluding hydrogens is 266 g/mol. The van der Waals surface area contributed by atoms with E-state index >= 15 is 0 Å². The fourth-order valence-electron chi connectivity index (χ4n) is 2.62. The number of aromatic nitrogens is 2. The maximum atomic E-state index is 4.69. The zero-order valence-electron chi connectivity index (χ0n) is 11.8. The molecule has 0 amide bonds. The number of likely N-dealkylation sites (N-methyl/N-ethyl adjacent to an activating group) is 1. The van der Waals surface area contributed by atoms with E-state index in [0.717, 1.165) is 12.8 Å². The van der Waals surface area contributed by atoms with E-state index in [4.69, 9.17) is 0 Å². The zero-order valence-corrected chi connectivity index (χ0v) is 12.7. The van der Waals surface area contributed by atoms with Gasteiger partial charge in [-0.2, -0.15) is 5.10 Å². The van der Waals surface area contributed by atoms with Crippen molar-refractivity contribution < 1.29 is 0 Å². The summed E-state index contributed by atoms with van der Waals surface area (Å²) in [7, 11) is 4.04. The zero-order chi connectivity index (χ0) is 13.9. The fraction of sp³-hybridized carbons (Fsp3) is 0.312. The molecule has 0 aliphatic rings. The number of hydrogen-bond donors (Lipinski definition) is 1. The predicted molar refractivity (Wildman–Crippen MR) is 85.3 cm³/mol. The van der Waals surface area contributed by atoms with Gasteiger partial charge < -0.3 is 5.32 Å². The van der Waals surface area contributed by atoms with E-state index in [2.05, 4.69) is 52.2 Å². The number of nitrogens with zero attached hydrogens (tertiary/aromatic N) is 2. The molecule has 0 aliphatic heterocycles. The van der Waals surface area contributed by atoms with Gasteiger partial charge in [-0.3, -0.25) is 4.68 Å². The van der Waals surface area contributed by atoms with Crippen LogP contribution in [0, 0.1) is 0 Å².